The number of carbonyl (C=O) groups is 1. The molecule has 2 unspecified atom stereocenters. The molecule has 0 spiro atoms. The highest BCUT2D eigenvalue weighted by Crippen LogP contribution is 2.35. The number of amides is 1. The monoisotopic (exact) mass is 455 g/mol. The van der Waals surface area contributed by atoms with Crippen molar-refractivity contribution >= 4 is 22.8 Å². The summed E-state index contributed by atoms with van der Waals surface area (Å²) in [4.78, 5) is 27.6. The summed E-state index contributed by atoms with van der Waals surface area (Å²) in [5.74, 6) is -0.328. The van der Waals surface area contributed by atoms with E-state index in [2.05, 4.69) is 15.0 Å². The van der Waals surface area contributed by atoms with Crippen molar-refractivity contribution in [3.8, 4) is 0 Å². The van der Waals surface area contributed by atoms with Crippen molar-refractivity contribution in [1.29, 1.82) is 0 Å². The molecule has 11 heteroatoms. The zero-order valence-corrected chi connectivity index (χ0v) is 18.4. The number of imidazole rings is 1. The third kappa shape index (κ3) is 4.40. The molecule has 5 atom stereocenters. The number of rotatable bonds is 8. The van der Waals surface area contributed by atoms with Gasteiger partial charge in [-0.05, 0) is 24.1 Å². The number of nitrogens with two attached hydrogens (primary N) is 2. The molecule has 4 heterocycles. The fraction of sp³-hybridized carbons (Fsp3) is 0.455. The maximum Gasteiger partial charge on any atom is 0.240 e. The van der Waals surface area contributed by atoms with Crippen LogP contribution in [0.2, 0.25) is 0 Å². The van der Waals surface area contributed by atoms with Gasteiger partial charge in [-0.25, -0.2) is 9.97 Å². The maximum atomic E-state index is 13.4. The van der Waals surface area contributed by atoms with Gasteiger partial charge in [-0.15, -0.1) is 0 Å². The Bertz CT molecular complexity index is 1090. The third-order valence-corrected chi connectivity index (χ3v) is 5.92. The van der Waals surface area contributed by atoms with E-state index in [1.165, 1.54) is 11.2 Å². The van der Waals surface area contributed by atoms with Gasteiger partial charge in [0, 0.05) is 25.1 Å². The summed E-state index contributed by atoms with van der Waals surface area (Å²) in [6, 6.07) is 3.64. The van der Waals surface area contributed by atoms with Crippen molar-refractivity contribution in [2.45, 2.75) is 56.8 Å². The Morgan fingerprint density at radius 1 is 1.33 bits per heavy atom. The van der Waals surface area contributed by atoms with Crippen LogP contribution in [0.15, 0.2) is 43.1 Å². The van der Waals surface area contributed by atoms with Crippen LogP contribution in [-0.2, 0) is 16.1 Å². The lowest BCUT2D eigenvalue weighted by molar-refractivity contribution is -0.139. The fourth-order valence-electron chi connectivity index (χ4n) is 4.30. The van der Waals surface area contributed by atoms with Gasteiger partial charge in [-0.1, -0.05) is 19.4 Å². The van der Waals surface area contributed by atoms with E-state index in [-0.39, 0.29) is 12.5 Å². The zero-order valence-electron chi connectivity index (χ0n) is 18.4. The van der Waals surface area contributed by atoms with E-state index in [9.17, 15) is 15.0 Å². The number of aliphatic hydroxyl groups is 2. The fourth-order valence-corrected chi connectivity index (χ4v) is 4.30. The minimum absolute atomic E-state index is 0.161. The van der Waals surface area contributed by atoms with Gasteiger partial charge in [-0.2, -0.15) is 0 Å². The van der Waals surface area contributed by atoms with Crippen LogP contribution in [0, 0.1) is 0 Å². The average molecular weight is 456 g/mol. The Labute approximate surface area is 191 Å². The maximum absolute atomic E-state index is 13.4. The number of aliphatic hydroxyl groups excluding tert-OH is 2. The van der Waals surface area contributed by atoms with Crippen LogP contribution in [0.3, 0.4) is 0 Å². The Morgan fingerprint density at radius 3 is 2.85 bits per heavy atom. The van der Waals surface area contributed by atoms with Crippen LogP contribution in [-0.4, -0.2) is 71.4 Å². The van der Waals surface area contributed by atoms with Gasteiger partial charge in [0.1, 0.15) is 17.7 Å². The molecule has 4 rings (SSSR count). The van der Waals surface area contributed by atoms with Gasteiger partial charge in [-0.3, -0.25) is 14.3 Å². The van der Waals surface area contributed by atoms with E-state index in [0.717, 1.165) is 12.0 Å². The Balaban J connectivity index is 1.70. The van der Waals surface area contributed by atoms with Gasteiger partial charge >= 0.3 is 0 Å². The van der Waals surface area contributed by atoms with Crippen LogP contribution in [0.4, 0.5) is 5.69 Å². The molecule has 11 nitrogen and oxygen atoms in total. The summed E-state index contributed by atoms with van der Waals surface area (Å²) >= 11 is 0. The topological polar surface area (TPSA) is 166 Å². The number of nitrogens with zero attached hydrogens (tertiary/aromatic N) is 5. The molecule has 3 aromatic rings. The molecular weight excluding hydrogens is 426 g/mol. The predicted octanol–water partition coefficient (Wildman–Crippen LogP) is 0.184. The number of pyridine rings is 2. The van der Waals surface area contributed by atoms with Crippen LogP contribution < -0.4 is 11.5 Å². The molecule has 1 aliphatic rings. The minimum Gasteiger partial charge on any atom is -0.397 e. The molecule has 1 amide bonds. The van der Waals surface area contributed by atoms with Gasteiger partial charge in [0.25, 0.3) is 0 Å². The van der Waals surface area contributed by atoms with Gasteiger partial charge < -0.3 is 31.3 Å². The first-order valence-corrected chi connectivity index (χ1v) is 10.9. The lowest BCUT2D eigenvalue weighted by Gasteiger charge is -2.35. The van der Waals surface area contributed by atoms with Crippen molar-refractivity contribution in [1.82, 2.24) is 24.4 Å². The highest BCUT2D eigenvalue weighted by molar-refractivity contribution is 5.84. The largest absolute Gasteiger partial charge is 0.397 e. The molecule has 176 valence electrons. The number of nitrogen functional groups attached to an aromatic ring is 1. The van der Waals surface area contributed by atoms with Crippen LogP contribution in [0.5, 0.6) is 0 Å². The summed E-state index contributed by atoms with van der Waals surface area (Å²) in [6.45, 7) is 1.70. The van der Waals surface area contributed by atoms with Crippen molar-refractivity contribution < 1.29 is 19.7 Å². The summed E-state index contributed by atoms with van der Waals surface area (Å²) in [7, 11) is 0. The Hall–Kier alpha value is -3.12. The van der Waals surface area contributed by atoms with Gasteiger partial charge in [0.15, 0.2) is 11.9 Å². The van der Waals surface area contributed by atoms with E-state index < -0.39 is 37.1 Å². The lowest BCUT2D eigenvalue weighted by atomic mass is 10.0. The highest BCUT2D eigenvalue weighted by atomic mass is 16.5. The number of carbonyl (C=O) groups excluding carboxylic acids is 1. The Kier molecular flexibility index (Phi) is 6.84. The van der Waals surface area contributed by atoms with E-state index in [0.29, 0.717) is 23.3 Å². The second kappa shape index (κ2) is 9.79. The molecule has 0 aromatic carbocycles. The molecule has 0 aliphatic carbocycles. The van der Waals surface area contributed by atoms with Gasteiger partial charge in [0.2, 0.25) is 5.91 Å². The average Bonchev–Trinajstić information content (AvgIpc) is 3.39. The molecule has 0 saturated carbocycles. The van der Waals surface area contributed by atoms with Crippen molar-refractivity contribution in [3.05, 3.63) is 48.7 Å². The number of ether oxygens (including phenoxy) is 1. The minimum atomic E-state index is -1.18. The third-order valence-electron chi connectivity index (χ3n) is 5.92. The standard InChI is InChI=1S/C22H29N7O4/c1-2-4-15(24)21(32)28(10-13-5-3-7-25-9-13)18-16(11-30)33-22(19(18)31)29-12-27-17-14(23)6-8-26-20(17)29/h3,5-9,12,15-16,18-19,22,30-31H,2,4,10-11,24H2,1H3,(H2,23,26)/t15?,16-,18?,19+,22-/m1/s1. The molecule has 6 N–H and O–H groups in total. The summed E-state index contributed by atoms with van der Waals surface area (Å²) in [5, 5.41) is 21.5. The highest BCUT2D eigenvalue weighted by Gasteiger charge is 2.49. The Morgan fingerprint density at radius 2 is 2.15 bits per heavy atom. The zero-order chi connectivity index (χ0) is 23.5. The van der Waals surface area contributed by atoms with E-state index in [1.807, 2.05) is 13.0 Å². The first-order chi connectivity index (χ1) is 16.0. The van der Waals surface area contributed by atoms with Crippen molar-refractivity contribution in [3.63, 3.8) is 0 Å². The van der Waals surface area contributed by atoms with Gasteiger partial charge in [0.05, 0.1) is 30.7 Å². The predicted molar refractivity (Wildman–Crippen MR) is 120 cm³/mol. The summed E-state index contributed by atoms with van der Waals surface area (Å²) in [5.41, 5.74) is 14.3. The quantitative estimate of drug-likeness (QED) is 0.371. The number of fused-ring (bicyclic) bond motifs is 1. The molecule has 33 heavy (non-hydrogen) atoms. The molecular formula is C22H29N7O4. The first-order valence-electron chi connectivity index (χ1n) is 10.9. The van der Waals surface area contributed by atoms with Crippen molar-refractivity contribution in [2.75, 3.05) is 12.3 Å². The first kappa shape index (κ1) is 23.1. The lowest BCUT2D eigenvalue weighted by Crippen LogP contribution is -2.55. The van der Waals surface area contributed by atoms with E-state index in [1.54, 1.807) is 35.3 Å². The van der Waals surface area contributed by atoms with Crippen molar-refractivity contribution in [2.24, 2.45) is 5.73 Å². The molecule has 3 aromatic heterocycles. The number of hydrogen-bond acceptors (Lipinski definition) is 9. The number of hydrogen-bond donors (Lipinski definition) is 4. The molecule has 0 bridgehead atoms. The van der Waals surface area contributed by atoms with Crippen LogP contribution in [0.25, 0.3) is 11.2 Å². The second-order valence-corrected chi connectivity index (χ2v) is 8.18. The van der Waals surface area contributed by atoms with E-state index >= 15 is 0 Å². The molecule has 1 saturated heterocycles. The molecule has 1 fully saturated rings. The second-order valence-electron chi connectivity index (χ2n) is 8.18. The smallest absolute Gasteiger partial charge is 0.240 e. The number of anilines is 1. The molecule has 0 radical (unpaired) electrons. The summed E-state index contributed by atoms with van der Waals surface area (Å²) in [6.07, 6.45) is 4.57. The van der Waals surface area contributed by atoms with Crippen LogP contribution >= 0.6 is 0 Å². The van der Waals surface area contributed by atoms with Crippen LogP contribution in [0.1, 0.15) is 31.6 Å². The normalized spacial score (nSPS) is 23.6. The summed E-state index contributed by atoms with van der Waals surface area (Å²) < 4.78 is 7.60. The number of aromatic nitrogens is 4. The SMILES string of the molecule is CCCC(N)C(=O)N(Cc1cccnc1)C1[C@@H](CO)O[C@@H](n2cnc3c(N)ccnc32)[C@H]1O. The van der Waals surface area contributed by atoms with E-state index in [4.69, 9.17) is 16.2 Å². The molecule has 1 aliphatic heterocycles.